The van der Waals surface area contributed by atoms with Gasteiger partial charge in [0.15, 0.2) is 0 Å². The predicted octanol–water partition coefficient (Wildman–Crippen LogP) is 12.6. The zero-order valence-corrected chi connectivity index (χ0v) is 22.9. The summed E-state index contributed by atoms with van der Waals surface area (Å²) in [6.45, 7) is 0. The lowest BCUT2D eigenvalue weighted by Gasteiger charge is -2.19. The van der Waals surface area contributed by atoms with E-state index in [9.17, 15) is 8.22 Å². The van der Waals surface area contributed by atoms with E-state index in [4.69, 9.17) is 25.0 Å². The minimum Gasteiger partial charge on any atom is -0.456 e. The highest BCUT2D eigenvalue weighted by Gasteiger charge is 2.20. The molecule has 0 saturated carbocycles. The highest BCUT2D eigenvalue weighted by Crippen LogP contribution is 2.47. The first-order valence-corrected chi connectivity index (χ1v) is 13.7. The van der Waals surface area contributed by atoms with Gasteiger partial charge in [-0.25, -0.2) is 0 Å². The van der Waals surface area contributed by atoms with Crippen LogP contribution < -0.4 is 0 Å². The Morgan fingerprint density at radius 3 is 1.78 bits per heavy atom. The Kier molecular flexibility index (Phi) is 2.82. The van der Waals surface area contributed by atoms with Gasteiger partial charge in [0.2, 0.25) is 0 Å². The number of hydrogen-bond acceptors (Lipinski definition) is 1. The van der Waals surface area contributed by atoms with E-state index in [0.717, 1.165) is 0 Å². The van der Waals surface area contributed by atoms with E-state index in [1.54, 1.807) is 42.5 Å². The first-order chi connectivity index (χ1) is 31.1. The van der Waals surface area contributed by atoms with Gasteiger partial charge in [-0.3, -0.25) is 0 Å². The second-order valence-electron chi connectivity index (χ2n) is 10.0. The maximum Gasteiger partial charge on any atom is 0.136 e. The summed E-state index contributed by atoms with van der Waals surface area (Å²) in [5, 5.41) is -0.803. The lowest BCUT2D eigenvalue weighted by atomic mass is 9.84. The standard InChI is InChI=1S/C44H28O/c1-3-13-29(14-4-1)31-17-11-18-32(27-31)33-25-26-36-39(28-33)43(35-20-8-7-19-34(35)42(36)30-15-5-2-6-16-30)38-22-12-24-41-44(38)37-21-9-10-23-40(37)45-41/h1-28H/i1D,2D,3D,4D,5D,6D,7D,8D,11D,13D,14D,15D,16D,17D,18D,19D,20D,25D,26D,27D,28D. The van der Waals surface area contributed by atoms with Crippen LogP contribution in [-0.4, -0.2) is 0 Å². The molecule has 45 heavy (non-hydrogen) atoms. The average molecular weight is 594 g/mol. The van der Waals surface area contributed by atoms with Crippen LogP contribution in [0.25, 0.3) is 88.0 Å². The van der Waals surface area contributed by atoms with Gasteiger partial charge in [0.1, 0.15) is 11.2 Å². The molecule has 210 valence electrons. The average Bonchev–Trinajstić information content (AvgIpc) is 3.69. The van der Waals surface area contributed by atoms with E-state index in [-0.39, 0.29) is 22.1 Å². The van der Waals surface area contributed by atoms with Crippen molar-refractivity contribution in [3.8, 4) is 44.5 Å². The molecule has 0 N–H and O–H groups in total. The summed E-state index contributed by atoms with van der Waals surface area (Å²) >= 11 is 0. The topological polar surface area (TPSA) is 13.1 Å². The van der Waals surface area contributed by atoms with E-state index in [0.29, 0.717) is 16.4 Å². The predicted molar refractivity (Wildman–Crippen MR) is 190 cm³/mol. The highest BCUT2D eigenvalue weighted by atomic mass is 16.3. The first-order valence-electron chi connectivity index (χ1n) is 24.2. The maximum absolute atomic E-state index is 10.1. The summed E-state index contributed by atoms with van der Waals surface area (Å²) in [6, 6.07) is -6.08. The summed E-state index contributed by atoms with van der Waals surface area (Å²) in [7, 11) is 0. The van der Waals surface area contributed by atoms with E-state index < -0.39 is 176 Å². The van der Waals surface area contributed by atoms with Crippen molar-refractivity contribution >= 4 is 43.5 Å². The Hall–Kier alpha value is -5.92. The third-order valence-electron chi connectivity index (χ3n) is 7.55. The monoisotopic (exact) mass is 593 g/mol. The fraction of sp³-hybridized carbons (Fsp3) is 0. The number of rotatable bonds is 4. The minimum atomic E-state index is -0.939. The van der Waals surface area contributed by atoms with Gasteiger partial charge in [0, 0.05) is 10.8 Å². The fourth-order valence-corrected chi connectivity index (χ4v) is 5.69. The van der Waals surface area contributed by atoms with Gasteiger partial charge >= 0.3 is 0 Å². The Bertz CT molecular complexity index is 3670. The molecule has 0 amide bonds. The molecule has 1 heterocycles. The van der Waals surface area contributed by atoms with Gasteiger partial charge < -0.3 is 4.42 Å². The van der Waals surface area contributed by atoms with Gasteiger partial charge in [-0.1, -0.05) is 145 Å². The Balaban J connectivity index is 1.62. The van der Waals surface area contributed by atoms with Gasteiger partial charge in [-0.2, -0.15) is 0 Å². The summed E-state index contributed by atoms with van der Waals surface area (Å²) in [5.74, 6) is 0. The summed E-state index contributed by atoms with van der Waals surface area (Å²) in [4.78, 5) is 0. The molecular formula is C44H28O. The van der Waals surface area contributed by atoms with Gasteiger partial charge in [0.05, 0.1) is 28.8 Å². The minimum absolute atomic E-state index is 0.154. The summed E-state index contributed by atoms with van der Waals surface area (Å²) < 4.78 is 194. The lowest BCUT2D eigenvalue weighted by molar-refractivity contribution is 0.669. The molecule has 0 spiro atoms. The van der Waals surface area contributed by atoms with E-state index in [2.05, 4.69) is 0 Å². The Labute approximate surface area is 291 Å². The molecule has 0 aliphatic heterocycles. The van der Waals surface area contributed by atoms with Crippen molar-refractivity contribution in [3.05, 3.63) is 169 Å². The molecule has 0 aliphatic rings. The molecule has 9 aromatic rings. The van der Waals surface area contributed by atoms with Crippen LogP contribution in [0.4, 0.5) is 0 Å². The van der Waals surface area contributed by atoms with Crippen molar-refractivity contribution in [2.75, 3.05) is 0 Å². The molecule has 0 bridgehead atoms. The van der Waals surface area contributed by atoms with Crippen LogP contribution in [0.2, 0.25) is 0 Å². The number of hydrogen-bond donors (Lipinski definition) is 0. The van der Waals surface area contributed by atoms with Gasteiger partial charge in [0.25, 0.3) is 0 Å². The molecule has 0 unspecified atom stereocenters. The second kappa shape index (κ2) is 10.4. The molecule has 1 heteroatoms. The smallest absolute Gasteiger partial charge is 0.136 e. The molecule has 0 radical (unpaired) electrons. The molecule has 0 atom stereocenters. The quantitative estimate of drug-likeness (QED) is 0.185. The first kappa shape index (κ1) is 12.2. The second-order valence-corrected chi connectivity index (χ2v) is 10.0. The van der Waals surface area contributed by atoms with Crippen LogP contribution in [0.1, 0.15) is 28.8 Å². The molecular weight excluding hydrogens is 544 g/mol. The van der Waals surface area contributed by atoms with Crippen LogP contribution in [0.3, 0.4) is 0 Å². The van der Waals surface area contributed by atoms with Gasteiger partial charge in [-0.05, 0) is 90.3 Å². The number of furan rings is 1. The van der Waals surface area contributed by atoms with Crippen molar-refractivity contribution in [1.29, 1.82) is 0 Å². The van der Waals surface area contributed by atoms with Crippen LogP contribution in [0.15, 0.2) is 174 Å². The molecule has 1 nitrogen and oxygen atoms in total. The van der Waals surface area contributed by atoms with Crippen LogP contribution in [-0.2, 0) is 0 Å². The zero-order chi connectivity index (χ0) is 48.0. The maximum atomic E-state index is 10.1. The Morgan fingerprint density at radius 1 is 0.378 bits per heavy atom. The highest BCUT2D eigenvalue weighted by molar-refractivity contribution is 6.26. The number of para-hydroxylation sites is 1. The van der Waals surface area contributed by atoms with Crippen LogP contribution in [0, 0.1) is 0 Å². The summed E-state index contributed by atoms with van der Waals surface area (Å²) in [5.41, 5.74) is -3.33. The van der Waals surface area contributed by atoms with Crippen molar-refractivity contribution in [3.63, 3.8) is 0 Å². The third-order valence-corrected chi connectivity index (χ3v) is 7.55. The van der Waals surface area contributed by atoms with Crippen molar-refractivity contribution < 1.29 is 33.2 Å². The van der Waals surface area contributed by atoms with Crippen molar-refractivity contribution in [1.82, 2.24) is 0 Å². The summed E-state index contributed by atoms with van der Waals surface area (Å²) in [6.07, 6.45) is 0. The molecule has 0 fully saturated rings. The molecule has 0 aliphatic carbocycles. The lowest BCUT2D eigenvalue weighted by Crippen LogP contribution is -1.92. The number of fused-ring (bicyclic) bond motifs is 5. The molecule has 8 aromatic carbocycles. The molecule has 1 aromatic heterocycles. The number of benzene rings is 8. The largest absolute Gasteiger partial charge is 0.456 e. The van der Waals surface area contributed by atoms with E-state index >= 15 is 0 Å². The Morgan fingerprint density at radius 2 is 0.978 bits per heavy atom. The van der Waals surface area contributed by atoms with E-state index in [1.807, 2.05) is 0 Å². The zero-order valence-electron chi connectivity index (χ0n) is 43.9. The van der Waals surface area contributed by atoms with Crippen molar-refractivity contribution in [2.24, 2.45) is 0 Å². The fourth-order valence-electron chi connectivity index (χ4n) is 5.69. The SMILES string of the molecule is [2H]c1c([2H])c([2H])c(-c2c([2H])c([2H])c([2H])c(-c3c([2H])c([2H])c4c(-c5c([2H])c([2H])c([2H])c([2H])c5[2H])c5c([2H])c([2H])c([2H])c([2H])c5c(-c5cccc6oc7ccccc7c56)c4c3[2H])c2[2H])c([2H])c1[2H]. The van der Waals surface area contributed by atoms with Gasteiger partial charge in [-0.15, -0.1) is 0 Å². The normalized spacial score (nSPS) is 18.1. The van der Waals surface area contributed by atoms with Crippen LogP contribution in [0.5, 0.6) is 0 Å². The van der Waals surface area contributed by atoms with Crippen molar-refractivity contribution in [2.45, 2.75) is 0 Å². The van der Waals surface area contributed by atoms with E-state index in [1.165, 1.54) is 0 Å². The molecule has 9 rings (SSSR count). The molecule has 0 saturated heterocycles. The van der Waals surface area contributed by atoms with Crippen LogP contribution >= 0.6 is 0 Å². The third kappa shape index (κ3) is 4.17.